The first-order chi connectivity index (χ1) is 9.47. The van der Waals surface area contributed by atoms with Gasteiger partial charge in [-0.05, 0) is 50.6 Å². The average molecular weight is 274 g/mol. The first-order valence-corrected chi connectivity index (χ1v) is 6.48. The summed E-state index contributed by atoms with van der Waals surface area (Å²) in [5.74, 6) is -0.260. The second kappa shape index (κ2) is 5.77. The number of ether oxygens (including phenoxy) is 1. The molecule has 106 valence electrons. The summed E-state index contributed by atoms with van der Waals surface area (Å²) < 4.78 is 7.56. The Kier molecular flexibility index (Phi) is 4.08. The minimum atomic E-state index is -0.935. The van der Waals surface area contributed by atoms with Crippen molar-refractivity contribution in [2.24, 2.45) is 0 Å². The number of carboxylic acids is 1. The van der Waals surface area contributed by atoms with Crippen molar-refractivity contribution in [2.75, 3.05) is 0 Å². The van der Waals surface area contributed by atoms with Crippen LogP contribution in [0.3, 0.4) is 0 Å². The lowest BCUT2D eigenvalue weighted by Crippen LogP contribution is -2.04. The zero-order chi connectivity index (χ0) is 14.7. The predicted octanol–water partition coefficient (Wildman–Crippen LogP) is 3.05. The molecule has 2 rings (SSSR count). The minimum absolute atomic E-state index is 0.263. The molecule has 0 aliphatic heterocycles. The molecule has 0 radical (unpaired) electrons. The maximum Gasteiger partial charge on any atom is 0.335 e. The van der Waals surface area contributed by atoms with Crippen LogP contribution in [0.25, 0.3) is 0 Å². The van der Waals surface area contributed by atoms with Gasteiger partial charge in [-0.15, -0.1) is 0 Å². The van der Waals surface area contributed by atoms with Crippen LogP contribution in [0.2, 0.25) is 0 Å². The smallest absolute Gasteiger partial charge is 0.335 e. The summed E-state index contributed by atoms with van der Waals surface area (Å²) in [6, 6.07) is 7.06. The molecule has 0 unspecified atom stereocenters. The highest BCUT2D eigenvalue weighted by molar-refractivity contribution is 5.88. The van der Waals surface area contributed by atoms with Gasteiger partial charge in [0, 0.05) is 12.2 Å². The zero-order valence-electron chi connectivity index (χ0n) is 11.8. The van der Waals surface area contributed by atoms with Crippen molar-refractivity contribution in [1.82, 2.24) is 9.78 Å². The summed E-state index contributed by atoms with van der Waals surface area (Å²) in [7, 11) is 0. The normalized spacial score (nSPS) is 10.8. The Morgan fingerprint density at radius 2 is 2.15 bits per heavy atom. The number of hydrogen-bond acceptors (Lipinski definition) is 3. The molecule has 0 spiro atoms. The molecule has 0 amide bonds. The molecule has 20 heavy (non-hydrogen) atoms. The molecule has 0 atom stereocenters. The molecule has 1 heterocycles. The van der Waals surface area contributed by atoms with Crippen molar-refractivity contribution in [3.8, 4) is 5.75 Å². The first-order valence-electron chi connectivity index (χ1n) is 6.48. The van der Waals surface area contributed by atoms with E-state index in [0.717, 1.165) is 11.3 Å². The van der Waals surface area contributed by atoms with Gasteiger partial charge in [-0.3, -0.25) is 4.68 Å². The van der Waals surface area contributed by atoms with Gasteiger partial charge in [-0.2, -0.15) is 5.10 Å². The highest BCUT2D eigenvalue weighted by Gasteiger charge is 2.08. The van der Waals surface area contributed by atoms with E-state index in [1.807, 2.05) is 23.9 Å². The SMILES string of the molecule is Cc1cc(C(=O)O)ccc1OCc1ccn(C(C)C)n1. The van der Waals surface area contributed by atoms with Crippen LogP contribution in [0.1, 0.15) is 41.5 Å². The third-order valence-corrected chi connectivity index (χ3v) is 2.99. The molecule has 0 saturated heterocycles. The summed E-state index contributed by atoms with van der Waals surface area (Å²) in [5.41, 5.74) is 1.91. The number of rotatable bonds is 5. The fraction of sp³-hybridized carbons (Fsp3) is 0.333. The fourth-order valence-corrected chi connectivity index (χ4v) is 1.84. The molecule has 2 aromatic rings. The number of carboxylic acid groups (broad SMARTS) is 1. The van der Waals surface area contributed by atoms with Gasteiger partial charge in [0.2, 0.25) is 0 Å². The minimum Gasteiger partial charge on any atom is -0.487 e. The van der Waals surface area contributed by atoms with E-state index in [1.165, 1.54) is 6.07 Å². The van der Waals surface area contributed by atoms with Crippen LogP contribution in [-0.2, 0) is 6.61 Å². The maximum atomic E-state index is 10.9. The lowest BCUT2D eigenvalue weighted by atomic mass is 10.1. The molecule has 1 aromatic heterocycles. The summed E-state index contributed by atoms with van der Waals surface area (Å²) in [6.07, 6.45) is 1.92. The number of carbonyl (C=O) groups is 1. The third-order valence-electron chi connectivity index (χ3n) is 2.99. The Morgan fingerprint density at radius 1 is 1.40 bits per heavy atom. The van der Waals surface area contributed by atoms with Crippen LogP contribution in [-0.4, -0.2) is 20.9 Å². The van der Waals surface area contributed by atoms with E-state index < -0.39 is 5.97 Å². The largest absolute Gasteiger partial charge is 0.487 e. The predicted molar refractivity (Wildman–Crippen MR) is 75.1 cm³/mol. The molecule has 5 heteroatoms. The number of aromatic nitrogens is 2. The Morgan fingerprint density at radius 3 is 2.70 bits per heavy atom. The fourth-order valence-electron chi connectivity index (χ4n) is 1.84. The highest BCUT2D eigenvalue weighted by Crippen LogP contribution is 2.20. The van der Waals surface area contributed by atoms with E-state index in [4.69, 9.17) is 9.84 Å². The first kappa shape index (κ1) is 14.1. The molecular weight excluding hydrogens is 256 g/mol. The van der Waals surface area contributed by atoms with Crippen LogP contribution < -0.4 is 4.74 Å². The lowest BCUT2D eigenvalue weighted by molar-refractivity contribution is 0.0696. The van der Waals surface area contributed by atoms with Crippen LogP contribution in [0.15, 0.2) is 30.5 Å². The summed E-state index contributed by atoms with van der Waals surface area (Å²) >= 11 is 0. The molecule has 0 aliphatic carbocycles. The quantitative estimate of drug-likeness (QED) is 0.910. The van der Waals surface area contributed by atoms with Gasteiger partial charge in [0.05, 0.1) is 11.3 Å². The van der Waals surface area contributed by atoms with E-state index >= 15 is 0 Å². The molecule has 1 aromatic carbocycles. The molecule has 0 bridgehead atoms. The van der Waals surface area contributed by atoms with Gasteiger partial charge < -0.3 is 9.84 Å². The van der Waals surface area contributed by atoms with Crippen LogP contribution in [0, 0.1) is 6.92 Å². The van der Waals surface area contributed by atoms with Crippen molar-refractivity contribution in [1.29, 1.82) is 0 Å². The van der Waals surface area contributed by atoms with Crippen LogP contribution >= 0.6 is 0 Å². The second-order valence-electron chi connectivity index (χ2n) is 4.95. The Bertz CT molecular complexity index is 617. The van der Waals surface area contributed by atoms with Crippen molar-refractivity contribution < 1.29 is 14.6 Å². The highest BCUT2D eigenvalue weighted by atomic mass is 16.5. The van der Waals surface area contributed by atoms with Gasteiger partial charge >= 0.3 is 5.97 Å². The molecule has 0 aliphatic rings. The number of hydrogen-bond donors (Lipinski definition) is 1. The molecule has 0 saturated carbocycles. The Labute approximate surface area is 117 Å². The number of aryl methyl sites for hydroxylation is 1. The van der Waals surface area contributed by atoms with Gasteiger partial charge in [-0.25, -0.2) is 4.79 Å². The van der Waals surface area contributed by atoms with E-state index in [0.29, 0.717) is 18.4 Å². The van der Waals surface area contributed by atoms with Gasteiger partial charge in [0.15, 0.2) is 0 Å². The standard InChI is InChI=1S/C15H18N2O3/c1-10(2)17-7-6-13(16-17)9-20-14-5-4-12(15(18)19)8-11(14)3/h4-8,10H,9H2,1-3H3,(H,18,19). The van der Waals surface area contributed by atoms with E-state index in [2.05, 4.69) is 18.9 Å². The van der Waals surface area contributed by atoms with Gasteiger partial charge in [0.25, 0.3) is 0 Å². The van der Waals surface area contributed by atoms with Crippen molar-refractivity contribution in [3.63, 3.8) is 0 Å². The summed E-state index contributed by atoms with van der Waals surface area (Å²) in [4.78, 5) is 10.9. The monoisotopic (exact) mass is 274 g/mol. The molecular formula is C15H18N2O3. The van der Waals surface area contributed by atoms with Crippen molar-refractivity contribution in [2.45, 2.75) is 33.4 Å². The topological polar surface area (TPSA) is 64.3 Å². The zero-order valence-corrected chi connectivity index (χ0v) is 11.8. The molecule has 5 nitrogen and oxygen atoms in total. The van der Waals surface area contributed by atoms with Crippen LogP contribution in [0.4, 0.5) is 0 Å². The summed E-state index contributed by atoms with van der Waals surface area (Å²) in [5, 5.41) is 13.3. The molecule has 1 N–H and O–H groups in total. The second-order valence-corrected chi connectivity index (χ2v) is 4.95. The van der Waals surface area contributed by atoms with E-state index in [9.17, 15) is 4.79 Å². The van der Waals surface area contributed by atoms with Gasteiger partial charge in [-0.1, -0.05) is 0 Å². The molecule has 0 fully saturated rings. The lowest BCUT2D eigenvalue weighted by Gasteiger charge is -2.08. The van der Waals surface area contributed by atoms with Crippen LogP contribution in [0.5, 0.6) is 5.75 Å². The van der Waals surface area contributed by atoms with Gasteiger partial charge in [0.1, 0.15) is 12.4 Å². The van der Waals surface area contributed by atoms with E-state index in [1.54, 1.807) is 12.1 Å². The number of nitrogens with zero attached hydrogens (tertiary/aromatic N) is 2. The third kappa shape index (κ3) is 3.17. The van der Waals surface area contributed by atoms with E-state index in [-0.39, 0.29) is 5.56 Å². The number of aromatic carboxylic acids is 1. The average Bonchev–Trinajstić information content (AvgIpc) is 2.86. The Balaban J connectivity index is 2.05. The summed E-state index contributed by atoms with van der Waals surface area (Å²) in [6.45, 7) is 6.32. The van der Waals surface area contributed by atoms with Crippen molar-refractivity contribution >= 4 is 5.97 Å². The number of benzene rings is 1. The Hall–Kier alpha value is -2.30. The maximum absolute atomic E-state index is 10.9. The van der Waals surface area contributed by atoms with Crippen molar-refractivity contribution in [3.05, 3.63) is 47.3 Å².